The number of aliphatic hydroxyl groups is 1. The summed E-state index contributed by atoms with van der Waals surface area (Å²) in [7, 11) is 0. The van der Waals surface area contributed by atoms with Gasteiger partial charge in [-0.05, 0) is 41.3 Å². The van der Waals surface area contributed by atoms with Crippen molar-refractivity contribution < 1.29 is 14.8 Å². The second-order valence-corrected chi connectivity index (χ2v) is 4.71. The fourth-order valence-corrected chi connectivity index (χ4v) is 1.83. The number of non-ortho nitro benzene ring substituents is 1. The van der Waals surface area contributed by atoms with Gasteiger partial charge in [-0.2, -0.15) is 0 Å². The van der Waals surface area contributed by atoms with E-state index in [-0.39, 0.29) is 12.3 Å². The molecule has 6 heteroatoms. The molecule has 0 fully saturated rings. The quantitative estimate of drug-likeness (QED) is 0.453. The molecule has 0 heterocycles. The third-order valence-corrected chi connectivity index (χ3v) is 3.09. The Balaban J connectivity index is 2.41. The van der Waals surface area contributed by atoms with Crippen molar-refractivity contribution in [1.82, 2.24) is 0 Å². The fourth-order valence-electron chi connectivity index (χ4n) is 1.47. The van der Waals surface area contributed by atoms with Crippen molar-refractivity contribution in [3.05, 3.63) is 32.8 Å². The zero-order chi connectivity index (χ0) is 13.4. The first-order valence-corrected chi connectivity index (χ1v) is 6.62. The van der Waals surface area contributed by atoms with E-state index in [0.717, 1.165) is 25.7 Å². The molecule has 0 spiro atoms. The monoisotopic (exact) mass is 317 g/mol. The van der Waals surface area contributed by atoms with Crippen LogP contribution in [-0.4, -0.2) is 23.2 Å². The lowest BCUT2D eigenvalue weighted by molar-refractivity contribution is -0.385. The van der Waals surface area contributed by atoms with E-state index in [1.807, 2.05) is 0 Å². The SMILES string of the molecule is O=[N+]([O-])c1ccc(Br)c(OCCCCCCO)c1. The average Bonchev–Trinajstić information content (AvgIpc) is 2.35. The van der Waals surface area contributed by atoms with E-state index in [2.05, 4.69) is 15.9 Å². The number of unbranched alkanes of at least 4 members (excludes halogenated alkanes) is 3. The fraction of sp³-hybridized carbons (Fsp3) is 0.500. The van der Waals surface area contributed by atoms with Gasteiger partial charge in [0.1, 0.15) is 5.75 Å². The van der Waals surface area contributed by atoms with Crippen LogP contribution in [0.3, 0.4) is 0 Å². The van der Waals surface area contributed by atoms with Crippen LogP contribution >= 0.6 is 15.9 Å². The predicted molar refractivity (Wildman–Crippen MR) is 71.8 cm³/mol. The van der Waals surface area contributed by atoms with Gasteiger partial charge in [0.25, 0.3) is 5.69 Å². The average molecular weight is 318 g/mol. The molecule has 0 bridgehead atoms. The maximum atomic E-state index is 10.6. The van der Waals surface area contributed by atoms with E-state index in [1.54, 1.807) is 6.07 Å². The number of halogens is 1. The van der Waals surface area contributed by atoms with Gasteiger partial charge >= 0.3 is 0 Å². The summed E-state index contributed by atoms with van der Waals surface area (Å²) in [4.78, 5) is 10.2. The Morgan fingerprint density at radius 1 is 1.28 bits per heavy atom. The topological polar surface area (TPSA) is 72.6 Å². The number of benzene rings is 1. The number of hydrogen-bond donors (Lipinski definition) is 1. The molecule has 100 valence electrons. The largest absolute Gasteiger partial charge is 0.492 e. The van der Waals surface area contributed by atoms with Crippen molar-refractivity contribution in [1.29, 1.82) is 0 Å². The van der Waals surface area contributed by atoms with Crippen molar-refractivity contribution in [2.24, 2.45) is 0 Å². The molecule has 18 heavy (non-hydrogen) atoms. The van der Waals surface area contributed by atoms with Gasteiger partial charge in [-0.15, -0.1) is 0 Å². The molecule has 0 aromatic heterocycles. The number of nitro groups is 1. The first kappa shape index (κ1) is 14.9. The van der Waals surface area contributed by atoms with Gasteiger partial charge in [-0.25, -0.2) is 0 Å². The smallest absolute Gasteiger partial charge is 0.273 e. The highest BCUT2D eigenvalue weighted by atomic mass is 79.9. The number of nitro benzene ring substituents is 1. The second-order valence-electron chi connectivity index (χ2n) is 3.86. The van der Waals surface area contributed by atoms with E-state index >= 15 is 0 Å². The van der Waals surface area contributed by atoms with Crippen LogP contribution in [-0.2, 0) is 0 Å². The maximum Gasteiger partial charge on any atom is 0.273 e. The van der Waals surface area contributed by atoms with Crippen LogP contribution in [0.4, 0.5) is 5.69 Å². The molecular formula is C12H16BrNO4. The molecule has 0 aliphatic carbocycles. The van der Waals surface area contributed by atoms with Crippen molar-refractivity contribution in [2.45, 2.75) is 25.7 Å². The van der Waals surface area contributed by atoms with Gasteiger partial charge in [0.2, 0.25) is 0 Å². The Labute approximate surface area is 114 Å². The highest BCUT2D eigenvalue weighted by Gasteiger charge is 2.10. The Hall–Kier alpha value is -1.14. The van der Waals surface area contributed by atoms with E-state index < -0.39 is 4.92 Å². The lowest BCUT2D eigenvalue weighted by atomic mass is 10.2. The molecule has 0 atom stereocenters. The van der Waals surface area contributed by atoms with Crippen molar-refractivity contribution >= 4 is 21.6 Å². The Kier molecular flexibility index (Phi) is 6.67. The number of ether oxygens (including phenoxy) is 1. The molecular weight excluding hydrogens is 302 g/mol. The van der Waals surface area contributed by atoms with Crippen LogP contribution in [0.1, 0.15) is 25.7 Å². The zero-order valence-corrected chi connectivity index (χ0v) is 11.6. The molecule has 0 amide bonds. The van der Waals surface area contributed by atoms with Crippen molar-refractivity contribution in [2.75, 3.05) is 13.2 Å². The molecule has 0 saturated carbocycles. The van der Waals surface area contributed by atoms with Crippen LogP contribution in [0.15, 0.2) is 22.7 Å². The summed E-state index contributed by atoms with van der Waals surface area (Å²) < 4.78 is 6.21. The molecule has 1 aromatic carbocycles. The van der Waals surface area contributed by atoms with Crippen LogP contribution in [0.2, 0.25) is 0 Å². The summed E-state index contributed by atoms with van der Waals surface area (Å²) in [5.74, 6) is 0.492. The van der Waals surface area contributed by atoms with Gasteiger partial charge in [0, 0.05) is 12.7 Å². The minimum Gasteiger partial charge on any atom is -0.492 e. The first-order valence-electron chi connectivity index (χ1n) is 5.82. The minimum atomic E-state index is -0.444. The summed E-state index contributed by atoms with van der Waals surface area (Å²) in [5, 5.41) is 19.2. The van der Waals surface area contributed by atoms with E-state index in [0.29, 0.717) is 16.8 Å². The third kappa shape index (κ3) is 5.01. The molecule has 0 aliphatic heterocycles. The summed E-state index contributed by atoms with van der Waals surface area (Å²) in [6.07, 6.45) is 3.62. The Morgan fingerprint density at radius 2 is 2.00 bits per heavy atom. The lowest BCUT2D eigenvalue weighted by Gasteiger charge is -2.07. The zero-order valence-electron chi connectivity index (χ0n) is 9.97. The predicted octanol–water partition coefficient (Wildman–Crippen LogP) is 3.29. The van der Waals surface area contributed by atoms with E-state index in [1.165, 1.54) is 12.1 Å². The highest BCUT2D eigenvalue weighted by molar-refractivity contribution is 9.10. The lowest BCUT2D eigenvalue weighted by Crippen LogP contribution is -1.99. The Morgan fingerprint density at radius 3 is 2.67 bits per heavy atom. The van der Waals surface area contributed by atoms with Gasteiger partial charge in [0.05, 0.1) is 22.1 Å². The number of rotatable bonds is 8. The van der Waals surface area contributed by atoms with Gasteiger partial charge in [0.15, 0.2) is 0 Å². The van der Waals surface area contributed by atoms with Crippen molar-refractivity contribution in [3.63, 3.8) is 0 Å². The third-order valence-electron chi connectivity index (χ3n) is 2.44. The molecule has 0 aliphatic rings. The maximum absolute atomic E-state index is 10.6. The summed E-state index contributed by atoms with van der Waals surface area (Å²) in [5.41, 5.74) is 0.0217. The summed E-state index contributed by atoms with van der Waals surface area (Å²) in [6, 6.07) is 4.45. The van der Waals surface area contributed by atoms with Gasteiger partial charge < -0.3 is 9.84 Å². The highest BCUT2D eigenvalue weighted by Crippen LogP contribution is 2.29. The number of hydrogen-bond acceptors (Lipinski definition) is 4. The molecule has 0 saturated heterocycles. The summed E-state index contributed by atoms with van der Waals surface area (Å²) >= 11 is 3.29. The van der Waals surface area contributed by atoms with Crippen LogP contribution in [0.25, 0.3) is 0 Å². The van der Waals surface area contributed by atoms with E-state index in [9.17, 15) is 10.1 Å². The van der Waals surface area contributed by atoms with Gasteiger partial charge in [-0.3, -0.25) is 10.1 Å². The standard InChI is InChI=1S/C12H16BrNO4/c13-11-6-5-10(14(16)17)9-12(11)18-8-4-2-1-3-7-15/h5-6,9,15H,1-4,7-8H2. The summed E-state index contributed by atoms with van der Waals surface area (Å²) in [6.45, 7) is 0.739. The molecule has 5 nitrogen and oxygen atoms in total. The second kappa shape index (κ2) is 8.05. The van der Waals surface area contributed by atoms with Crippen LogP contribution in [0.5, 0.6) is 5.75 Å². The van der Waals surface area contributed by atoms with Gasteiger partial charge in [-0.1, -0.05) is 6.42 Å². The molecule has 0 radical (unpaired) electrons. The number of aliphatic hydroxyl groups excluding tert-OH is 1. The van der Waals surface area contributed by atoms with Crippen LogP contribution < -0.4 is 4.74 Å². The molecule has 1 aromatic rings. The normalized spacial score (nSPS) is 10.3. The van der Waals surface area contributed by atoms with E-state index in [4.69, 9.17) is 9.84 Å². The molecule has 0 unspecified atom stereocenters. The number of nitrogens with zero attached hydrogens (tertiary/aromatic N) is 1. The Bertz CT molecular complexity index is 398. The molecule has 1 rings (SSSR count). The minimum absolute atomic E-state index is 0.0217. The molecule has 1 N–H and O–H groups in total. The van der Waals surface area contributed by atoms with Crippen LogP contribution in [0, 0.1) is 10.1 Å². The first-order chi connectivity index (χ1) is 8.65. The van der Waals surface area contributed by atoms with Crippen molar-refractivity contribution in [3.8, 4) is 5.75 Å².